The van der Waals surface area contributed by atoms with Crippen molar-refractivity contribution in [1.29, 1.82) is 0 Å². The first-order valence-electron chi connectivity index (χ1n) is 20.0. The van der Waals surface area contributed by atoms with E-state index in [-0.39, 0.29) is 0 Å². The van der Waals surface area contributed by atoms with Gasteiger partial charge in [-0.05, 0) is 117 Å². The van der Waals surface area contributed by atoms with E-state index in [4.69, 9.17) is 0 Å². The third kappa shape index (κ3) is 4.09. The molecule has 0 unspecified atom stereocenters. The molecule has 0 saturated heterocycles. The average molecular weight is 770 g/mol. The van der Waals surface area contributed by atoms with Crippen LogP contribution in [0.25, 0.3) is 123 Å². The minimum Gasteiger partial charge on any atom is -0.309 e. The van der Waals surface area contributed by atoms with E-state index in [2.05, 4.69) is 180 Å². The molecule has 0 fully saturated rings. The van der Waals surface area contributed by atoms with Crippen LogP contribution in [-0.4, -0.2) is 4.57 Å². The highest BCUT2D eigenvalue weighted by Crippen LogP contribution is 2.57. The molecule has 0 amide bonds. The highest BCUT2D eigenvalue weighted by molar-refractivity contribution is 7.27. The van der Waals surface area contributed by atoms with Gasteiger partial charge < -0.3 is 4.57 Å². The lowest BCUT2D eigenvalue weighted by molar-refractivity contribution is 1.18. The van der Waals surface area contributed by atoms with E-state index in [0.29, 0.717) is 0 Å². The number of thiophene rings is 2. The number of hydrogen-bond acceptors (Lipinski definition) is 2. The Balaban J connectivity index is 1.22. The molecule has 0 spiro atoms. The summed E-state index contributed by atoms with van der Waals surface area (Å²) in [6.45, 7) is 0. The zero-order chi connectivity index (χ0) is 37.6. The highest BCUT2D eigenvalue weighted by Gasteiger charge is 2.31. The van der Waals surface area contributed by atoms with Gasteiger partial charge in [-0.1, -0.05) is 121 Å². The van der Waals surface area contributed by atoms with Gasteiger partial charge in [0.15, 0.2) is 0 Å². The molecule has 268 valence electrons. The number of benzene rings is 9. The molecule has 2 aliphatic rings. The molecule has 0 bridgehead atoms. The normalized spacial score (nSPS) is 12.8. The molecule has 0 radical (unpaired) electrons. The molecule has 9 aromatic carbocycles. The second kappa shape index (κ2) is 11.4. The first-order valence-corrected chi connectivity index (χ1v) is 21.7. The van der Waals surface area contributed by atoms with E-state index in [1.165, 1.54) is 135 Å². The van der Waals surface area contributed by atoms with Gasteiger partial charge in [0, 0.05) is 67.9 Å². The van der Waals surface area contributed by atoms with E-state index in [1.807, 2.05) is 22.7 Å². The predicted molar refractivity (Wildman–Crippen MR) is 250 cm³/mol. The van der Waals surface area contributed by atoms with Crippen molar-refractivity contribution in [3.05, 3.63) is 187 Å². The maximum atomic E-state index is 2.57. The van der Waals surface area contributed by atoms with Crippen molar-refractivity contribution in [1.82, 2.24) is 4.57 Å². The minimum absolute atomic E-state index is 0.942. The summed E-state index contributed by atoms with van der Waals surface area (Å²) in [5, 5.41) is 7.86. The lowest BCUT2D eigenvalue weighted by Crippen LogP contribution is -2.00. The monoisotopic (exact) mass is 769 g/mol. The predicted octanol–water partition coefficient (Wildman–Crippen LogP) is 16.1. The van der Waals surface area contributed by atoms with Crippen molar-refractivity contribution in [3.8, 4) is 61.3 Å². The van der Waals surface area contributed by atoms with Crippen LogP contribution in [0.15, 0.2) is 176 Å². The van der Waals surface area contributed by atoms with Crippen molar-refractivity contribution in [3.63, 3.8) is 0 Å². The fraction of sp³-hybridized carbons (Fsp3) is 0.0182. The number of para-hydroxylation sites is 2. The third-order valence-corrected chi connectivity index (χ3v) is 15.4. The topological polar surface area (TPSA) is 4.93 Å². The first kappa shape index (κ1) is 31.3. The zero-order valence-electron chi connectivity index (χ0n) is 31.2. The van der Waals surface area contributed by atoms with Crippen LogP contribution in [0.1, 0.15) is 11.1 Å². The Bertz CT molecular complexity index is 3760. The molecule has 2 aliphatic carbocycles. The van der Waals surface area contributed by atoms with Crippen molar-refractivity contribution in [2.75, 3.05) is 0 Å². The molecule has 3 aromatic heterocycles. The molecule has 3 heterocycles. The maximum Gasteiger partial charge on any atom is 0.0547 e. The fourth-order valence-electron chi connectivity index (χ4n) is 10.5. The number of aromatic nitrogens is 1. The number of fused-ring (bicyclic) bond motifs is 22. The van der Waals surface area contributed by atoms with Crippen molar-refractivity contribution < 1.29 is 0 Å². The van der Waals surface area contributed by atoms with Gasteiger partial charge in [0.1, 0.15) is 0 Å². The molecule has 12 aromatic rings. The van der Waals surface area contributed by atoms with Gasteiger partial charge >= 0.3 is 0 Å². The standard InChI is InChI=1S/C55H31NS2/c1-2-13-33(14-3-1)56-48-19-9-6-16-35(48)45-29-47-44(30-49(45)56)43-27-32-26-31-12-4-5-15-34(31)42(32)28-46(43)52-38(22-24-40-36-17-7-10-20-50(36)57-54(40)52)39-23-25-41-37-18-8-11-21-51(37)58-55(41)53(39)47/h1-25,27-30H,26H2. The molecular formula is C55H31NS2. The number of rotatable bonds is 1. The van der Waals surface area contributed by atoms with Crippen LogP contribution in [0.3, 0.4) is 0 Å². The van der Waals surface area contributed by atoms with E-state index in [9.17, 15) is 0 Å². The van der Waals surface area contributed by atoms with Gasteiger partial charge in [-0.15, -0.1) is 22.7 Å². The lowest BCUT2D eigenvalue weighted by atomic mass is 9.78. The summed E-state index contributed by atoms with van der Waals surface area (Å²) in [5.41, 5.74) is 19.7. The molecule has 58 heavy (non-hydrogen) atoms. The van der Waals surface area contributed by atoms with Gasteiger partial charge in [-0.3, -0.25) is 0 Å². The minimum atomic E-state index is 0.942. The van der Waals surface area contributed by atoms with Crippen LogP contribution >= 0.6 is 22.7 Å². The fourth-order valence-corrected chi connectivity index (χ4v) is 13.0. The van der Waals surface area contributed by atoms with Crippen molar-refractivity contribution in [2.24, 2.45) is 0 Å². The Hall–Kier alpha value is -6.78. The molecule has 0 atom stereocenters. The van der Waals surface area contributed by atoms with Crippen LogP contribution in [0.4, 0.5) is 0 Å². The van der Waals surface area contributed by atoms with E-state index in [0.717, 1.165) is 6.42 Å². The van der Waals surface area contributed by atoms with Crippen LogP contribution in [0, 0.1) is 0 Å². The Labute approximate surface area is 342 Å². The van der Waals surface area contributed by atoms with Gasteiger partial charge in [0.2, 0.25) is 0 Å². The summed E-state index contributed by atoms with van der Waals surface area (Å²) in [4.78, 5) is 0. The molecule has 1 nitrogen and oxygen atoms in total. The Kier molecular flexibility index (Phi) is 6.17. The Morgan fingerprint density at radius 3 is 1.64 bits per heavy atom. The summed E-state index contributed by atoms with van der Waals surface area (Å²) in [6, 6.07) is 66.7. The third-order valence-electron chi connectivity index (χ3n) is 13.0. The molecule has 3 heteroatoms. The van der Waals surface area contributed by atoms with Crippen molar-refractivity contribution in [2.45, 2.75) is 6.42 Å². The highest BCUT2D eigenvalue weighted by atomic mass is 32.1. The Morgan fingerprint density at radius 1 is 0.328 bits per heavy atom. The second-order valence-corrected chi connectivity index (χ2v) is 18.0. The average Bonchev–Trinajstić information content (AvgIpc) is 4.03. The van der Waals surface area contributed by atoms with Gasteiger partial charge in [0.05, 0.1) is 11.0 Å². The van der Waals surface area contributed by atoms with Gasteiger partial charge in [-0.2, -0.15) is 0 Å². The van der Waals surface area contributed by atoms with E-state index >= 15 is 0 Å². The lowest BCUT2D eigenvalue weighted by Gasteiger charge is -2.25. The first-order chi connectivity index (χ1) is 28.8. The van der Waals surface area contributed by atoms with Crippen LogP contribution in [0.5, 0.6) is 0 Å². The van der Waals surface area contributed by atoms with Crippen LogP contribution in [0.2, 0.25) is 0 Å². The summed E-state index contributed by atoms with van der Waals surface area (Å²) in [5.74, 6) is 0. The maximum absolute atomic E-state index is 2.57. The number of hydrogen-bond donors (Lipinski definition) is 0. The SMILES string of the molecule is c1ccc(-n2c3ccccc3c3cc4c(cc32)-c2cc3c(cc2-c2c(ccc5c2sc2ccccc25)-c2ccc5c(sc6ccccc65)c2-4)-c2ccccc2C3)cc1. The van der Waals surface area contributed by atoms with Gasteiger partial charge in [-0.25, -0.2) is 0 Å². The summed E-state index contributed by atoms with van der Waals surface area (Å²) in [7, 11) is 0. The zero-order valence-corrected chi connectivity index (χ0v) is 32.8. The van der Waals surface area contributed by atoms with E-state index in [1.54, 1.807) is 0 Å². The molecular weight excluding hydrogens is 739 g/mol. The molecule has 0 aliphatic heterocycles. The smallest absolute Gasteiger partial charge is 0.0547 e. The quantitative estimate of drug-likeness (QED) is 0.157. The molecule has 0 N–H and O–H groups in total. The second-order valence-electron chi connectivity index (χ2n) is 15.9. The van der Waals surface area contributed by atoms with Gasteiger partial charge in [0.25, 0.3) is 0 Å². The molecule has 0 saturated carbocycles. The van der Waals surface area contributed by atoms with Crippen molar-refractivity contribution >= 4 is 84.8 Å². The van der Waals surface area contributed by atoms with Crippen LogP contribution < -0.4 is 0 Å². The summed E-state index contributed by atoms with van der Waals surface area (Å²) >= 11 is 3.88. The summed E-state index contributed by atoms with van der Waals surface area (Å²) < 4.78 is 7.84. The van der Waals surface area contributed by atoms with E-state index < -0.39 is 0 Å². The van der Waals surface area contributed by atoms with Crippen LogP contribution in [-0.2, 0) is 6.42 Å². The molecule has 14 rings (SSSR count). The number of nitrogens with zero attached hydrogens (tertiary/aromatic N) is 1. The summed E-state index contributed by atoms with van der Waals surface area (Å²) in [6.07, 6.45) is 0.942. The Morgan fingerprint density at radius 2 is 0.914 bits per heavy atom. The largest absolute Gasteiger partial charge is 0.309 e.